The van der Waals surface area contributed by atoms with Gasteiger partial charge in [0.25, 0.3) is 5.91 Å². The van der Waals surface area contributed by atoms with Gasteiger partial charge in [-0.25, -0.2) is 0 Å². The molecule has 174 valence electrons. The molecule has 0 unspecified atom stereocenters. The summed E-state index contributed by atoms with van der Waals surface area (Å²) < 4.78 is 0. The zero-order valence-corrected chi connectivity index (χ0v) is 18.5. The molecule has 2 aromatic rings. The molecule has 0 fully saturated rings. The lowest BCUT2D eigenvalue weighted by molar-refractivity contribution is -0.113. The van der Waals surface area contributed by atoms with Crippen LogP contribution in [0.15, 0.2) is 72.1 Å². The fourth-order valence-electron chi connectivity index (χ4n) is 3.70. The molecule has 0 heterocycles. The first kappa shape index (κ1) is 24.0. The number of amides is 1. The van der Waals surface area contributed by atoms with E-state index in [4.69, 9.17) is 0 Å². The first-order valence-corrected chi connectivity index (χ1v) is 10.8. The van der Waals surface area contributed by atoms with Crippen molar-refractivity contribution in [2.45, 2.75) is 19.4 Å². The van der Waals surface area contributed by atoms with Gasteiger partial charge in [0.05, 0.1) is 36.2 Å². The quantitative estimate of drug-likeness (QED) is 0.263. The van der Waals surface area contributed by atoms with E-state index in [2.05, 4.69) is 17.2 Å². The topological polar surface area (TPSA) is 122 Å². The van der Waals surface area contributed by atoms with Gasteiger partial charge in [-0.05, 0) is 24.1 Å². The van der Waals surface area contributed by atoms with Crippen LogP contribution in [0.25, 0.3) is 0 Å². The fourth-order valence-corrected chi connectivity index (χ4v) is 3.70. The highest BCUT2D eigenvalue weighted by molar-refractivity contribution is 6.20. The van der Waals surface area contributed by atoms with Gasteiger partial charge in [0.2, 0.25) is 5.78 Å². The fraction of sp³-hybridized carbons (Fsp3) is 0.280. The van der Waals surface area contributed by atoms with Gasteiger partial charge in [0.15, 0.2) is 5.75 Å². The average molecular weight is 452 g/mol. The van der Waals surface area contributed by atoms with Crippen molar-refractivity contribution in [1.29, 1.82) is 0 Å². The van der Waals surface area contributed by atoms with E-state index < -0.39 is 5.91 Å². The second kappa shape index (κ2) is 10.8. The lowest BCUT2D eigenvalue weighted by Crippen LogP contribution is -2.37. The van der Waals surface area contributed by atoms with Crippen LogP contribution in [0.2, 0.25) is 0 Å². The van der Waals surface area contributed by atoms with Crippen LogP contribution >= 0.6 is 0 Å². The molecule has 0 radical (unpaired) electrons. The van der Waals surface area contributed by atoms with Crippen LogP contribution in [0.4, 0.5) is 5.69 Å². The average Bonchev–Trinajstić information content (AvgIpc) is 2.84. The summed E-state index contributed by atoms with van der Waals surface area (Å²) in [7, 11) is 0. The number of aliphatic hydroxyl groups excluding tert-OH is 2. The zero-order chi connectivity index (χ0) is 24.0. The Labute approximate surface area is 192 Å². The van der Waals surface area contributed by atoms with E-state index in [1.165, 1.54) is 11.0 Å². The summed E-state index contributed by atoms with van der Waals surface area (Å²) in [5.41, 5.74) is 2.40. The van der Waals surface area contributed by atoms with Crippen LogP contribution < -0.4 is 10.6 Å². The normalized spacial score (nSPS) is 14.0. The maximum absolute atomic E-state index is 12.8. The lowest BCUT2D eigenvalue weighted by Gasteiger charge is -2.30. The number of hydrogen-bond donors (Lipinski definition) is 5. The number of nitrogens with one attached hydrogen (secondary N) is 2. The molecule has 0 aromatic heterocycles. The molecule has 2 aromatic carbocycles. The molecule has 0 saturated carbocycles. The number of allylic oxidation sites excluding steroid dienone is 2. The molecule has 0 bridgehead atoms. The molecule has 1 atom stereocenters. The minimum atomic E-state index is -0.523. The molecule has 3 rings (SSSR count). The second-order valence-corrected chi connectivity index (χ2v) is 7.64. The molecule has 8 nitrogen and oxygen atoms in total. The van der Waals surface area contributed by atoms with Gasteiger partial charge in [-0.1, -0.05) is 49.9 Å². The maximum Gasteiger partial charge on any atom is 0.257 e. The predicted octanol–water partition coefficient (Wildman–Crippen LogP) is 2.32. The first-order valence-electron chi connectivity index (χ1n) is 10.8. The molecular weight excluding hydrogens is 422 g/mol. The van der Waals surface area contributed by atoms with Gasteiger partial charge in [-0.3, -0.25) is 9.59 Å². The van der Waals surface area contributed by atoms with Crippen molar-refractivity contribution in [3.63, 3.8) is 0 Å². The van der Waals surface area contributed by atoms with E-state index in [9.17, 15) is 24.9 Å². The van der Waals surface area contributed by atoms with Crippen molar-refractivity contribution in [3.05, 3.63) is 83.2 Å². The van der Waals surface area contributed by atoms with E-state index in [1.807, 2.05) is 37.3 Å². The summed E-state index contributed by atoms with van der Waals surface area (Å²) in [6.07, 6.45) is 0.751. The third-order valence-corrected chi connectivity index (χ3v) is 5.53. The predicted molar refractivity (Wildman–Crippen MR) is 126 cm³/mol. The van der Waals surface area contributed by atoms with Gasteiger partial charge < -0.3 is 30.9 Å². The van der Waals surface area contributed by atoms with Crippen LogP contribution in [-0.2, 0) is 4.79 Å². The summed E-state index contributed by atoms with van der Waals surface area (Å²) in [5, 5.41) is 35.5. The highest BCUT2D eigenvalue weighted by Gasteiger charge is 2.34. The number of hydrogen-bond acceptors (Lipinski definition) is 7. The number of anilines is 1. The van der Waals surface area contributed by atoms with Crippen molar-refractivity contribution in [2.24, 2.45) is 0 Å². The van der Waals surface area contributed by atoms with Gasteiger partial charge in [-0.2, -0.15) is 0 Å². The summed E-state index contributed by atoms with van der Waals surface area (Å²) >= 11 is 0. The van der Waals surface area contributed by atoms with Crippen molar-refractivity contribution < 1.29 is 24.9 Å². The van der Waals surface area contributed by atoms with Crippen molar-refractivity contribution in [2.75, 3.05) is 31.6 Å². The highest BCUT2D eigenvalue weighted by Crippen LogP contribution is 2.35. The standard InChI is InChI=1S/C25H29N3O5/c1-3-19(17-8-5-4-6-9-17)26-22-21(16(2)23(22)31)27-20-11-7-10-18(24(20)32)25(33)28(12-14-29)13-15-30/h4-11,19,26-27,29-30,32H,2-3,12-15H2,1H3/t19-/m1/s1. The van der Waals surface area contributed by atoms with E-state index in [0.29, 0.717) is 11.4 Å². The van der Waals surface area contributed by atoms with Gasteiger partial charge in [-0.15, -0.1) is 0 Å². The number of rotatable bonds is 11. The van der Waals surface area contributed by atoms with E-state index in [1.54, 1.807) is 12.1 Å². The molecule has 0 spiro atoms. The molecular formula is C25H29N3O5. The Bertz CT molecular complexity index is 1060. The van der Waals surface area contributed by atoms with Crippen LogP contribution in [0.1, 0.15) is 35.3 Å². The number of Topliss-reactive ketones (excluding diaryl/α,β-unsaturated/α-hetero) is 1. The largest absolute Gasteiger partial charge is 0.505 e. The van der Waals surface area contributed by atoms with E-state index >= 15 is 0 Å². The number of carbonyl (C=O) groups excluding carboxylic acids is 2. The summed E-state index contributed by atoms with van der Waals surface area (Å²) in [4.78, 5) is 26.6. The molecule has 1 aliphatic rings. The second-order valence-electron chi connectivity index (χ2n) is 7.64. The number of phenolic OH excluding ortho intramolecular Hbond substituents is 1. The maximum atomic E-state index is 12.8. The number of para-hydroxylation sites is 1. The molecule has 0 saturated heterocycles. The monoisotopic (exact) mass is 451 g/mol. The molecule has 1 aliphatic carbocycles. The Morgan fingerprint density at radius 1 is 1.03 bits per heavy atom. The smallest absolute Gasteiger partial charge is 0.257 e. The lowest BCUT2D eigenvalue weighted by atomic mass is 9.91. The number of nitrogens with zero attached hydrogens (tertiary/aromatic N) is 1. The number of aromatic hydroxyl groups is 1. The number of aliphatic hydroxyl groups is 2. The van der Waals surface area contributed by atoms with Crippen molar-refractivity contribution >= 4 is 17.4 Å². The minimum Gasteiger partial charge on any atom is -0.505 e. The molecule has 33 heavy (non-hydrogen) atoms. The number of phenols is 1. The van der Waals surface area contributed by atoms with Gasteiger partial charge in [0, 0.05) is 18.7 Å². The summed E-state index contributed by atoms with van der Waals surface area (Å²) in [5.74, 6) is -1.03. The SMILES string of the molecule is C=C1C(=O)C(N[C@H](CC)c2ccccc2)=C1Nc1cccc(C(=O)N(CCO)CCO)c1O. The third kappa shape index (κ3) is 5.08. The summed E-state index contributed by atoms with van der Waals surface area (Å²) in [6, 6.07) is 14.3. The van der Waals surface area contributed by atoms with E-state index in [-0.39, 0.29) is 60.7 Å². The Balaban J connectivity index is 1.87. The third-order valence-electron chi connectivity index (χ3n) is 5.53. The van der Waals surface area contributed by atoms with Gasteiger partial charge in [0.1, 0.15) is 5.70 Å². The van der Waals surface area contributed by atoms with Crippen molar-refractivity contribution in [1.82, 2.24) is 10.2 Å². The van der Waals surface area contributed by atoms with Crippen LogP contribution in [0.5, 0.6) is 5.75 Å². The Morgan fingerprint density at radius 3 is 2.30 bits per heavy atom. The Hall–Kier alpha value is -3.62. The molecule has 1 amide bonds. The van der Waals surface area contributed by atoms with Crippen LogP contribution in [0.3, 0.4) is 0 Å². The van der Waals surface area contributed by atoms with Crippen molar-refractivity contribution in [3.8, 4) is 5.75 Å². The number of ketones is 1. The van der Waals surface area contributed by atoms with Crippen LogP contribution in [0, 0.1) is 0 Å². The molecule has 0 aliphatic heterocycles. The minimum absolute atomic E-state index is 0.0176. The number of carbonyl (C=O) groups is 2. The molecule has 5 N–H and O–H groups in total. The molecule has 8 heteroatoms. The Kier molecular flexibility index (Phi) is 7.87. The Morgan fingerprint density at radius 2 is 1.70 bits per heavy atom. The van der Waals surface area contributed by atoms with E-state index in [0.717, 1.165) is 12.0 Å². The van der Waals surface area contributed by atoms with Gasteiger partial charge >= 0.3 is 0 Å². The zero-order valence-electron chi connectivity index (χ0n) is 18.5. The summed E-state index contributed by atoms with van der Waals surface area (Å²) in [6.45, 7) is 5.35. The number of benzene rings is 2. The van der Waals surface area contributed by atoms with Crippen LogP contribution in [-0.4, -0.2) is 58.2 Å². The highest BCUT2D eigenvalue weighted by atomic mass is 16.3. The first-order chi connectivity index (χ1) is 15.9.